The van der Waals surface area contributed by atoms with E-state index in [1.54, 1.807) is 0 Å². The standard InChI is InChI=1S/C22H43N3O2/c1-4-5-6-7-8-9-10-11-16-21(26)25-19-13-12-15-20(25)22(27)23-17-14-18-24(2)3/h20H,4-19H2,1-3H3,(H,23,27)/t20-/m1/s1. The lowest BCUT2D eigenvalue weighted by atomic mass is 10.00. The monoisotopic (exact) mass is 381 g/mol. The number of nitrogens with zero attached hydrogens (tertiary/aromatic N) is 2. The van der Waals surface area contributed by atoms with E-state index in [0.717, 1.165) is 51.6 Å². The molecular weight excluding hydrogens is 338 g/mol. The van der Waals surface area contributed by atoms with Crippen LogP contribution < -0.4 is 5.32 Å². The normalized spacial score (nSPS) is 17.3. The highest BCUT2D eigenvalue weighted by Gasteiger charge is 2.31. The van der Waals surface area contributed by atoms with Crippen molar-refractivity contribution in [2.75, 3.05) is 33.7 Å². The molecule has 1 rings (SSSR count). The molecule has 1 N–H and O–H groups in total. The minimum atomic E-state index is -0.250. The highest BCUT2D eigenvalue weighted by Crippen LogP contribution is 2.19. The molecule has 2 amide bonds. The van der Waals surface area contributed by atoms with Crippen LogP contribution in [0.2, 0.25) is 0 Å². The van der Waals surface area contributed by atoms with Crippen LogP contribution in [0.5, 0.6) is 0 Å². The number of piperidine rings is 1. The van der Waals surface area contributed by atoms with Crippen LogP contribution in [0.3, 0.4) is 0 Å². The van der Waals surface area contributed by atoms with Crippen LogP contribution in [-0.4, -0.2) is 61.4 Å². The number of rotatable bonds is 14. The molecule has 5 nitrogen and oxygen atoms in total. The summed E-state index contributed by atoms with van der Waals surface area (Å²) in [6.07, 6.45) is 14.3. The van der Waals surface area contributed by atoms with Crippen molar-refractivity contribution >= 4 is 11.8 Å². The molecule has 1 atom stereocenters. The van der Waals surface area contributed by atoms with E-state index in [4.69, 9.17) is 0 Å². The zero-order valence-electron chi connectivity index (χ0n) is 18.1. The molecule has 1 aliphatic rings. The van der Waals surface area contributed by atoms with Crippen LogP contribution in [0.4, 0.5) is 0 Å². The van der Waals surface area contributed by atoms with Gasteiger partial charge in [-0.25, -0.2) is 0 Å². The second kappa shape index (κ2) is 14.9. The molecule has 0 bridgehead atoms. The van der Waals surface area contributed by atoms with Gasteiger partial charge < -0.3 is 15.1 Å². The molecule has 0 aromatic rings. The number of hydrogen-bond acceptors (Lipinski definition) is 3. The molecule has 27 heavy (non-hydrogen) atoms. The maximum atomic E-state index is 12.6. The Labute approximate surface area is 167 Å². The summed E-state index contributed by atoms with van der Waals surface area (Å²) in [6, 6.07) is -0.250. The van der Waals surface area contributed by atoms with Crippen molar-refractivity contribution in [2.45, 2.75) is 96.4 Å². The van der Waals surface area contributed by atoms with E-state index in [1.165, 1.54) is 38.5 Å². The van der Waals surface area contributed by atoms with Gasteiger partial charge in [0.25, 0.3) is 0 Å². The van der Waals surface area contributed by atoms with E-state index in [0.29, 0.717) is 13.0 Å². The Hall–Kier alpha value is -1.10. The fourth-order valence-corrected chi connectivity index (χ4v) is 3.78. The van der Waals surface area contributed by atoms with E-state index in [1.807, 2.05) is 19.0 Å². The number of carbonyl (C=O) groups is 2. The molecule has 0 spiro atoms. The lowest BCUT2D eigenvalue weighted by molar-refractivity contribution is -0.142. The maximum Gasteiger partial charge on any atom is 0.242 e. The average molecular weight is 382 g/mol. The van der Waals surface area contributed by atoms with Gasteiger partial charge in [-0.1, -0.05) is 51.9 Å². The summed E-state index contributed by atoms with van der Waals surface area (Å²) in [5.41, 5.74) is 0. The Morgan fingerprint density at radius 3 is 2.30 bits per heavy atom. The SMILES string of the molecule is CCCCCCCCCCC(=O)N1CCCC[C@@H]1C(=O)NCCCN(C)C. The lowest BCUT2D eigenvalue weighted by Gasteiger charge is -2.35. The third kappa shape index (κ3) is 10.7. The predicted molar refractivity (Wildman–Crippen MR) is 113 cm³/mol. The number of hydrogen-bond donors (Lipinski definition) is 1. The molecule has 0 aromatic carbocycles. The Bertz CT molecular complexity index is 412. The summed E-state index contributed by atoms with van der Waals surface area (Å²) in [4.78, 5) is 29.2. The fourth-order valence-electron chi connectivity index (χ4n) is 3.78. The first-order valence-corrected chi connectivity index (χ1v) is 11.3. The van der Waals surface area contributed by atoms with Crippen LogP contribution >= 0.6 is 0 Å². The van der Waals surface area contributed by atoms with Crippen molar-refractivity contribution in [3.63, 3.8) is 0 Å². The van der Waals surface area contributed by atoms with E-state index >= 15 is 0 Å². The minimum Gasteiger partial charge on any atom is -0.354 e. The van der Waals surface area contributed by atoms with Gasteiger partial charge in [0.15, 0.2) is 0 Å². The summed E-state index contributed by atoms with van der Waals surface area (Å²) >= 11 is 0. The first-order valence-electron chi connectivity index (χ1n) is 11.3. The Morgan fingerprint density at radius 1 is 0.963 bits per heavy atom. The van der Waals surface area contributed by atoms with Crippen LogP contribution in [-0.2, 0) is 9.59 Å². The van der Waals surface area contributed by atoms with Gasteiger partial charge in [0.05, 0.1) is 0 Å². The molecule has 1 fully saturated rings. The average Bonchev–Trinajstić information content (AvgIpc) is 2.66. The van der Waals surface area contributed by atoms with Crippen molar-refractivity contribution in [2.24, 2.45) is 0 Å². The third-order valence-corrected chi connectivity index (χ3v) is 5.45. The number of carbonyl (C=O) groups excluding carboxylic acids is 2. The molecular formula is C22H43N3O2. The summed E-state index contributed by atoms with van der Waals surface area (Å²) in [5, 5.41) is 3.03. The quantitative estimate of drug-likeness (QED) is 0.463. The predicted octanol–water partition coefficient (Wildman–Crippen LogP) is 3.97. The van der Waals surface area contributed by atoms with E-state index in [2.05, 4.69) is 17.1 Å². The van der Waals surface area contributed by atoms with Gasteiger partial charge in [-0.3, -0.25) is 9.59 Å². The number of amides is 2. The first-order chi connectivity index (χ1) is 13.1. The molecule has 1 aliphatic heterocycles. The summed E-state index contributed by atoms with van der Waals surface area (Å²) in [6.45, 7) is 4.63. The Kier molecular flexibility index (Phi) is 13.2. The Morgan fingerprint density at radius 2 is 1.63 bits per heavy atom. The van der Waals surface area contributed by atoms with Gasteiger partial charge in [-0.05, 0) is 52.7 Å². The molecule has 0 unspecified atom stereocenters. The number of unbranched alkanes of at least 4 members (excludes halogenated alkanes) is 7. The molecule has 1 heterocycles. The van der Waals surface area contributed by atoms with Crippen molar-refractivity contribution in [3.8, 4) is 0 Å². The highest BCUT2D eigenvalue weighted by atomic mass is 16.2. The second-order valence-corrected chi connectivity index (χ2v) is 8.27. The molecule has 0 radical (unpaired) electrons. The topological polar surface area (TPSA) is 52.7 Å². The molecule has 0 saturated carbocycles. The molecule has 5 heteroatoms. The lowest BCUT2D eigenvalue weighted by Crippen LogP contribution is -2.52. The van der Waals surface area contributed by atoms with Gasteiger partial charge in [0.1, 0.15) is 6.04 Å². The van der Waals surface area contributed by atoms with Gasteiger partial charge in [-0.15, -0.1) is 0 Å². The first kappa shape index (κ1) is 23.9. The van der Waals surface area contributed by atoms with E-state index in [9.17, 15) is 9.59 Å². The van der Waals surface area contributed by atoms with Crippen LogP contribution in [0.1, 0.15) is 90.4 Å². The fraction of sp³-hybridized carbons (Fsp3) is 0.909. The van der Waals surface area contributed by atoms with Gasteiger partial charge in [0.2, 0.25) is 11.8 Å². The van der Waals surface area contributed by atoms with Gasteiger partial charge in [-0.2, -0.15) is 0 Å². The van der Waals surface area contributed by atoms with Crippen LogP contribution in [0, 0.1) is 0 Å². The smallest absolute Gasteiger partial charge is 0.242 e. The molecule has 1 saturated heterocycles. The maximum absolute atomic E-state index is 12.6. The summed E-state index contributed by atoms with van der Waals surface area (Å²) < 4.78 is 0. The van der Waals surface area contributed by atoms with E-state index in [-0.39, 0.29) is 17.9 Å². The van der Waals surface area contributed by atoms with E-state index < -0.39 is 0 Å². The minimum absolute atomic E-state index is 0.0396. The largest absolute Gasteiger partial charge is 0.354 e. The molecule has 0 aliphatic carbocycles. The van der Waals surface area contributed by atoms with Gasteiger partial charge in [0, 0.05) is 19.5 Å². The van der Waals surface area contributed by atoms with Crippen molar-refractivity contribution < 1.29 is 9.59 Å². The van der Waals surface area contributed by atoms with Gasteiger partial charge >= 0.3 is 0 Å². The summed E-state index contributed by atoms with van der Waals surface area (Å²) in [5.74, 6) is 0.215. The second-order valence-electron chi connectivity index (χ2n) is 8.27. The molecule has 158 valence electrons. The van der Waals surface area contributed by atoms with Crippen molar-refractivity contribution in [1.82, 2.24) is 15.1 Å². The Balaban J connectivity index is 2.26. The zero-order chi connectivity index (χ0) is 19.9. The highest BCUT2D eigenvalue weighted by molar-refractivity contribution is 5.87. The van der Waals surface area contributed by atoms with Crippen LogP contribution in [0.25, 0.3) is 0 Å². The van der Waals surface area contributed by atoms with Crippen molar-refractivity contribution in [1.29, 1.82) is 0 Å². The number of nitrogens with one attached hydrogen (secondary N) is 1. The third-order valence-electron chi connectivity index (χ3n) is 5.45. The number of likely N-dealkylation sites (tertiary alicyclic amines) is 1. The van der Waals surface area contributed by atoms with Crippen molar-refractivity contribution in [3.05, 3.63) is 0 Å². The van der Waals surface area contributed by atoms with Crippen LogP contribution in [0.15, 0.2) is 0 Å². The zero-order valence-corrected chi connectivity index (χ0v) is 18.1. The molecule has 0 aromatic heterocycles. The summed E-state index contributed by atoms with van der Waals surface area (Å²) in [7, 11) is 4.07.